The van der Waals surface area contributed by atoms with Gasteiger partial charge >= 0.3 is 0 Å². The molecule has 1 aromatic rings. The highest BCUT2D eigenvalue weighted by Crippen LogP contribution is 2.35. The average molecular weight is 263 g/mol. The summed E-state index contributed by atoms with van der Waals surface area (Å²) >= 11 is 6.52. The molecule has 3 rings (SSSR count). The first-order chi connectivity index (χ1) is 8.29. The summed E-state index contributed by atoms with van der Waals surface area (Å²) in [6.45, 7) is 2.98. The predicted octanol–water partition coefficient (Wildman–Crippen LogP) is 3.54. The van der Waals surface area contributed by atoms with Crippen LogP contribution in [0.1, 0.15) is 30.2 Å². The topological polar surface area (TPSA) is 15.4 Å². The van der Waals surface area contributed by atoms with E-state index in [9.17, 15) is 0 Å². The molecule has 2 heterocycles. The van der Waals surface area contributed by atoms with E-state index in [0.29, 0.717) is 0 Å². The molecule has 0 bridgehead atoms. The van der Waals surface area contributed by atoms with Gasteiger partial charge in [0.1, 0.15) is 18.5 Å². The molecule has 1 aliphatic heterocycles. The van der Waals surface area contributed by atoms with Crippen molar-refractivity contribution in [2.75, 3.05) is 0 Å². The molecule has 0 atom stereocenters. The molecular formula is C13H15N2S2+. The highest BCUT2D eigenvalue weighted by Gasteiger charge is 2.28. The first-order valence-electron chi connectivity index (χ1n) is 5.97. The Morgan fingerprint density at radius 2 is 2.41 bits per heavy atom. The minimum absolute atomic E-state index is 0.784. The number of hydrogen-bond donors (Lipinski definition) is 1. The van der Waals surface area contributed by atoms with E-state index in [4.69, 9.17) is 4.99 Å². The van der Waals surface area contributed by atoms with Crippen LogP contribution >= 0.6 is 24.2 Å². The van der Waals surface area contributed by atoms with Gasteiger partial charge in [-0.3, -0.25) is 4.99 Å². The van der Waals surface area contributed by atoms with Crippen molar-refractivity contribution in [3.05, 3.63) is 28.7 Å². The molecule has 17 heavy (non-hydrogen) atoms. The van der Waals surface area contributed by atoms with Gasteiger partial charge in [-0.05, 0) is 25.0 Å². The van der Waals surface area contributed by atoms with E-state index >= 15 is 0 Å². The van der Waals surface area contributed by atoms with E-state index in [2.05, 4.69) is 41.9 Å². The third-order valence-corrected chi connectivity index (χ3v) is 5.06. The molecule has 2 aliphatic rings. The fourth-order valence-electron chi connectivity index (χ4n) is 2.23. The van der Waals surface area contributed by atoms with Crippen LogP contribution in [-0.2, 0) is 13.0 Å². The van der Waals surface area contributed by atoms with Gasteiger partial charge < -0.3 is 0 Å². The third-order valence-electron chi connectivity index (χ3n) is 3.17. The number of thiol groups is 1. The van der Waals surface area contributed by atoms with E-state index < -0.39 is 0 Å². The minimum Gasteiger partial charge on any atom is -0.274 e. The zero-order valence-corrected chi connectivity index (χ0v) is 11.5. The molecule has 0 amide bonds. The summed E-state index contributed by atoms with van der Waals surface area (Å²) in [7, 11) is 0. The van der Waals surface area contributed by atoms with E-state index in [1.165, 1.54) is 21.2 Å². The first kappa shape index (κ1) is 11.2. The highest BCUT2D eigenvalue weighted by atomic mass is 32.1. The smallest absolute Gasteiger partial charge is 0.274 e. The van der Waals surface area contributed by atoms with Gasteiger partial charge in [-0.1, -0.05) is 24.3 Å². The van der Waals surface area contributed by atoms with Crippen molar-refractivity contribution in [2.45, 2.75) is 32.7 Å². The highest BCUT2D eigenvalue weighted by molar-refractivity contribution is 7.74. The number of aryl methyl sites for hydroxylation is 1. The van der Waals surface area contributed by atoms with E-state index in [0.717, 1.165) is 31.5 Å². The Kier molecular flexibility index (Phi) is 2.92. The molecule has 0 fully saturated rings. The van der Waals surface area contributed by atoms with Crippen LogP contribution in [-0.4, -0.2) is 15.4 Å². The van der Waals surface area contributed by atoms with Crippen molar-refractivity contribution >= 4 is 40.6 Å². The fourth-order valence-corrected chi connectivity index (χ4v) is 3.73. The van der Waals surface area contributed by atoms with Crippen LogP contribution < -0.4 is 0 Å². The lowest BCUT2D eigenvalue weighted by Gasteiger charge is -2.05. The molecule has 0 N–H and O–H groups in total. The Morgan fingerprint density at radius 3 is 3.24 bits per heavy atom. The number of hydrogen-bond acceptors (Lipinski definition) is 3. The van der Waals surface area contributed by atoms with Gasteiger partial charge in [-0.2, -0.15) is 0 Å². The average Bonchev–Trinajstić information content (AvgIpc) is 2.74. The van der Waals surface area contributed by atoms with Gasteiger partial charge in [-0.25, -0.2) is 0 Å². The largest absolute Gasteiger partial charge is 0.280 e. The Morgan fingerprint density at radius 1 is 1.53 bits per heavy atom. The summed E-state index contributed by atoms with van der Waals surface area (Å²) in [5, 5.41) is 1.26. The quantitative estimate of drug-likeness (QED) is 0.589. The maximum atomic E-state index is 4.69. The summed E-state index contributed by atoms with van der Waals surface area (Å²) in [6, 6.07) is 2.27. The maximum Gasteiger partial charge on any atom is 0.280 e. The van der Waals surface area contributed by atoms with Crippen LogP contribution in [0, 0.1) is 0 Å². The van der Waals surface area contributed by atoms with E-state index in [1.54, 1.807) is 0 Å². The Balaban J connectivity index is 2.15. The monoisotopic (exact) mass is 263 g/mol. The van der Waals surface area contributed by atoms with Crippen molar-refractivity contribution in [3.63, 3.8) is 0 Å². The number of nitrogens with zero attached hydrogens (tertiary/aromatic N) is 2. The van der Waals surface area contributed by atoms with Crippen LogP contribution in [0.25, 0.3) is 0 Å². The molecule has 0 saturated carbocycles. The van der Waals surface area contributed by atoms with Crippen LogP contribution in [0.2, 0.25) is 0 Å². The molecular weight excluding hydrogens is 248 g/mol. The van der Waals surface area contributed by atoms with Crippen LogP contribution in [0.4, 0.5) is 5.00 Å². The molecule has 0 unspecified atom stereocenters. The Hall–Kier alpha value is -0.870. The molecule has 1 aliphatic carbocycles. The summed E-state index contributed by atoms with van der Waals surface area (Å²) in [5.41, 5.74) is 3.66. The van der Waals surface area contributed by atoms with Crippen LogP contribution in [0.3, 0.4) is 0 Å². The lowest BCUT2D eigenvalue weighted by Crippen LogP contribution is -2.20. The van der Waals surface area contributed by atoms with Gasteiger partial charge in [0.2, 0.25) is 5.71 Å². The standard InChI is InChI=1S/C13H15N2S2/c1-2-10-7-9-8-14-11-5-3-4-6-12(11)15(16)13(9)17-10/h3,5,7,16H,2,4,6,8H2,1H3/q+1. The predicted molar refractivity (Wildman–Crippen MR) is 77.1 cm³/mol. The molecule has 88 valence electrons. The molecule has 0 spiro atoms. The summed E-state index contributed by atoms with van der Waals surface area (Å²) in [6.07, 6.45) is 7.54. The van der Waals surface area contributed by atoms with Gasteiger partial charge in [0.25, 0.3) is 5.00 Å². The maximum absolute atomic E-state index is 4.69. The van der Waals surface area contributed by atoms with E-state index in [-0.39, 0.29) is 0 Å². The molecule has 0 aromatic carbocycles. The van der Waals surface area contributed by atoms with Gasteiger partial charge in [-0.15, -0.1) is 3.98 Å². The van der Waals surface area contributed by atoms with Gasteiger partial charge in [0.05, 0.1) is 12.1 Å². The Labute approximate surface area is 111 Å². The summed E-state index contributed by atoms with van der Waals surface area (Å²) in [5.74, 6) is 0. The van der Waals surface area contributed by atoms with Crippen molar-refractivity contribution in [3.8, 4) is 0 Å². The van der Waals surface area contributed by atoms with Crippen molar-refractivity contribution in [2.24, 2.45) is 4.99 Å². The zero-order chi connectivity index (χ0) is 11.8. The van der Waals surface area contributed by atoms with Crippen LogP contribution in [0.5, 0.6) is 0 Å². The second-order valence-electron chi connectivity index (χ2n) is 4.30. The van der Waals surface area contributed by atoms with Gasteiger partial charge in [0.15, 0.2) is 0 Å². The van der Waals surface area contributed by atoms with Crippen molar-refractivity contribution in [1.29, 1.82) is 0 Å². The minimum atomic E-state index is 0.784. The number of fused-ring (bicyclic) bond motifs is 2. The Bertz CT molecular complexity index is 550. The number of aliphatic imine (C=N–C) groups is 1. The number of rotatable bonds is 1. The SMILES string of the molecule is CCc1cc2c(s1)[N+](S)=C1CCC=CC1=NC2. The molecule has 0 saturated heterocycles. The molecule has 0 radical (unpaired) electrons. The summed E-state index contributed by atoms with van der Waals surface area (Å²) < 4.78 is 2.05. The van der Waals surface area contributed by atoms with Crippen LogP contribution in [0.15, 0.2) is 23.2 Å². The van der Waals surface area contributed by atoms with Crippen molar-refractivity contribution < 1.29 is 3.98 Å². The zero-order valence-electron chi connectivity index (χ0n) is 9.81. The molecule has 1 aromatic heterocycles. The molecule has 4 heteroatoms. The molecule has 2 nitrogen and oxygen atoms in total. The summed E-state index contributed by atoms with van der Waals surface area (Å²) in [4.78, 5) is 6.11. The number of thiophene rings is 1. The fraction of sp³-hybridized carbons (Fsp3) is 0.385. The second-order valence-corrected chi connectivity index (χ2v) is 5.81. The first-order valence-corrected chi connectivity index (χ1v) is 7.19. The normalized spacial score (nSPS) is 18.6. The van der Waals surface area contributed by atoms with Gasteiger partial charge in [0, 0.05) is 11.3 Å². The lowest BCUT2D eigenvalue weighted by molar-refractivity contribution is -0.227. The van der Waals surface area contributed by atoms with E-state index in [1.807, 2.05) is 11.3 Å². The number of allylic oxidation sites excluding steroid dienone is 2. The third kappa shape index (κ3) is 1.89. The second kappa shape index (κ2) is 4.42. The lowest BCUT2D eigenvalue weighted by atomic mass is 10.0. The van der Waals surface area contributed by atoms with Crippen molar-refractivity contribution in [1.82, 2.24) is 0 Å².